The monoisotopic (exact) mass is 220 g/mol. The van der Waals surface area contributed by atoms with Gasteiger partial charge in [-0.1, -0.05) is 6.07 Å². The van der Waals surface area contributed by atoms with Crippen LogP contribution in [0.4, 0.5) is 0 Å². The number of aryl methyl sites for hydroxylation is 1. The summed E-state index contributed by atoms with van der Waals surface area (Å²) in [6.07, 6.45) is 0.428. The molecule has 1 unspecified atom stereocenters. The van der Waals surface area contributed by atoms with Gasteiger partial charge in [0.2, 0.25) is 0 Å². The first-order valence-corrected chi connectivity index (χ1v) is 5.91. The lowest BCUT2D eigenvalue weighted by Gasteiger charge is -1.98. The van der Waals surface area contributed by atoms with Crippen LogP contribution in [0.5, 0.6) is 0 Å². The van der Waals surface area contributed by atoms with Crippen LogP contribution in [-0.2, 0) is 22.6 Å². The minimum atomic E-state index is -0.126. The highest BCUT2D eigenvalue weighted by Crippen LogP contribution is 2.25. The summed E-state index contributed by atoms with van der Waals surface area (Å²) in [7, 11) is -0.0946. The van der Waals surface area contributed by atoms with Crippen LogP contribution < -0.4 is 0 Å². The number of halogens is 1. The number of hydrogen-bond acceptors (Lipinski definition) is 2. The minimum Gasteiger partial charge on any atom is -0.466 e. The van der Waals surface area contributed by atoms with Gasteiger partial charge in [0.25, 0.3) is 0 Å². The third-order valence-electron chi connectivity index (χ3n) is 1.55. The van der Waals surface area contributed by atoms with Crippen molar-refractivity contribution in [3.8, 4) is 0 Å². The van der Waals surface area contributed by atoms with E-state index in [1.807, 2.05) is 13.0 Å². The molecule has 74 valence electrons. The van der Waals surface area contributed by atoms with Crippen LogP contribution >= 0.6 is 19.9 Å². The van der Waals surface area contributed by atoms with E-state index in [0.29, 0.717) is 13.0 Å². The molecule has 1 atom stereocenters. The number of esters is 1. The Kier molecular flexibility index (Phi) is 5.85. The van der Waals surface area contributed by atoms with Gasteiger partial charge in [-0.15, -0.1) is 19.9 Å². The van der Waals surface area contributed by atoms with E-state index in [9.17, 15) is 4.79 Å². The Morgan fingerprint density at radius 1 is 1.62 bits per heavy atom. The fraction of sp³-hybridized carbons (Fsp3) is 0.444. The molecule has 0 N–H and O–H groups in total. The van der Waals surface area contributed by atoms with Crippen molar-refractivity contribution in [2.24, 2.45) is 6.66 Å². The normalized spacial score (nSPS) is 10.5. The Bertz CT molecular complexity index is 270. The van der Waals surface area contributed by atoms with E-state index in [-0.39, 0.29) is 25.9 Å². The Hall–Kier alpha value is -0.460. The second kappa shape index (κ2) is 6.06. The van der Waals surface area contributed by atoms with Gasteiger partial charge in [-0.25, -0.2) is 0 Å². The van der Waals surface area contributed by atoms with Crippen LogP contribution in [0.15, 0.2) is 17.7 Å². The average Bonchev–Trinajstić information content (AvgIpc) is 2.36. The fourth-order valence-electron chi connectivity index (χ4n) is 1.04. The molecule has 0 bridgehead atoms. The highest BCUT2D eigenvalue weighted by atomic mass is 35.5. The first-order chi connectivity index (χ1) is 5.72. The van der Waals surface area contributed by atoms with Crippen molar-refractivity contribution in [2.75, 3.05) is 6.61 Å². The molecule has 1 heterocycles. The predicted molar refractivity (Wildman–Crippen MR) is 57.7 cm³/mol. The van der Waals surface area contributed by atoms with Crippen LogP contribution in [0, 0.1) is 0 Å². The second-order valence-electron chi connectivity index (χ2n) is 2.67. The van der Waals surface area contributed by atoms with Crippen molar-refractivity contribution in [1.29, 1.82) is 0 Å². The largest absolute Gasteiger partial charge is 0.466 e. The van der Waals surface area contributed by atoms with Crippen LogP contribution in [0.25, 0.3) is 0 Å². The quantitative estimate of drug-likeness (QED) is 0.733. The number of ether oxygens (including phenoxy) is 1. The van der Waals surface area contributed by atoms with Crippen molar-refractivity contribution in [1.82, 2.24) is 0 Å². The standard InChI is InChI=1S/C9H13O2P.ClH/c1-3-11-9(10)6-8-4-5-12(2)7-8;/h4-5,7H,3,6H2,1-2H3;1H. The molecule has 0 fully saturated rings. The summed E-state index contributed by atoms with van der Waals surface area (Å²) >= 11 is 0. The van der Waals surface area contributed by atoms with Crippen LogP contribution in [-0.4, -0.2) is 12.6 Å². The summed E-state index contributed by atoms with van der Waals surface area (Å²) in [4.78, 5) is 11.0. The third kappa shape index (κ3) is 4.35. The number of hydrogen-bond donors (Lipinski definition) is 0. The van der Waals surface area contributed by atoms with Gasteiger partial charge in [-0.2, -0.15) is 0 Å². The van der Waals surface area contributed by atoms with Gasteiger partial charge in [-0.3, -0.25) is 4.79 Å². The molecule has 0 aliphatic heterocycles. The van der Waals surface area contributed by atoms with E-state index >= 15 is 0 Å². The molecule has 1 aromatic rings. The van der Waals surface area contributed by atoms with Crippen molar-refractivity contribution in [3.63, 3.8) is 0 Å². The first-order valence-electron chi connectivity index (χ1n) is 3.99. The van der Waals surface area contributed by atoms with Crippen LogP contribution in [0.3, 0.4) is 0 Å². The van der Waals surface area contributed by atoms with Gasteiger partial charge in [0, 0.05) is 0 Å². The van der Waals surface area contributed by atoms with E-state index < -0.39 is 0 Å². The highest BCUT2D eigenvalue weighted by molar-refractivity contribution is 7.46. The molecule has 0 radical (unpaired) electrons. The summed E-state index contributed by atoms with van der Waals surface area (Å²) in [6, 6.07) is 2.02. The lowest BCUT2D eigenvalue weighted by Crippen LogP contribution is -2.06. The molecule has 0 amide bonds. The molecule has 0 saturated carbocycles. The van der Waals surface area contributed by atoms with Gasteiger partial charge in [0.15, 0.2) is 0 Å². The first kappa shape index (κ1) is 12.5. The second-order valence-corrected chi connectivity index (χ2v) is 4.55. The maximum atomic E-state index is 11.0. The molecule has 0 spiro atoms. The van der Waals surface area contributed by atoms with Crippen molar-refractivity contribution in [3.05, 3.63) is 23.2 Å². The number of carbonyl (C=O) groups is 1. The Balaban J connectivity index is 0.00000144. The molecule has 0 aliphatic carbocycles. The molecule has 0 aromatic carbocycles. The number of rotatable bonds is 3. The van der Waals surface area contributed by atoms with Gasteiger partial charge in [-0.05, 0) is 30.7 Å². The summed E-state index contributed by atoms with van der Waals surface area (Å²) in [6.45, 7) is 4.45. The van der Waals surface area contributed by atoms with Crippen molar-refractivity contribution < 1.29 is 9.53 Å². The Labute approximate surface area is 85.8 Å². The minimum absolute atomic E-state index is 0. The van der Waals surface area contributed by atoms with Gasteiger partial charge in [0.1, 0.15) is 0 Å². The molecular formula is C9H14ClO2P. The maximum absolute atomic E-state index is 11.0. The van der Waals surface area contributed by atoms with E-state index in [1.54, 1.807) is 0 Å². The molecular weight excluding hydrogens is 207 g/mol. The van der Waals surface area contributed by atoms with E-state index in [4.69, 9.17) is 4.74 Å². The van der Waals surface area contributed by atoms with E-state index in [2.05, 4.69) is 18.3 Å². The third-order valence-corrected chi connectivity index (χ3v) is 2.91. The number of carbonyl (C=O) groups excluding carboxylic acids is 1. The zero-order chi connectivity index (χ0) is 8.97. The van der Waals surface area contributed by atoms with Gasteiger partial charge < -0.3 is 4.74 Å². The zero-order valence-corrected chi connectivity index (χ0v) is 9.53. The summed E-state index contributed by atoms with van der Waals surface area (Å²) in [5.41, 5.74) is 1.10. The molecule has 13 heavy (non-hydrogen) atoms. The van der Waals surface area contributed by atoms with Crippen molar-refractivity contribution >= 4 is 25.9 Å². The molecule has 2 nitrogen and oxygen atoms in total. The zero-order valence-electron chi connectivity index (χ0n) is 7.82. The summed E-state index contributed by atoms with van der Waals surface area (Å²) in [5.74, 6) is 4.16. The Morgan fingerprint density at radius 2 is 2.31 bits per heavy atom. The maximum Gasteiger partial charge on any atom is 0.310 e. The molecule has 1 rings (SSSR count). The fourth-order valence-corrected chi connectivity index (χ4v) is 2.26. The van der Waals surface area contributed by atoms with Crippen LogP contribution in [0.2, 0.25) is 0 Å². The van der Waals surface area contributed by atoms with E-state index in [0.717, 1.165) is 5.56 Å². The topological polar surface area (TPSA) is 26.3 Å². The Morgan fingerprint density at radius 3 is 2.77 bits per heavy atom. The lowest BCUT2D eigenvalue weighted by molar-refractivity contribution is -0.142. The van der Waals surface area contributed by atoms with Gasteiger partial charge in [0.05, 0.1) is 13.0 Å². The summed E-state index contributed by atoms with van der Waals surface area (Å²) in [5, 5.41) is 0. The predicted octanol–water partition coefficient (Wildman–Crippen LogP) is 2.74. The SMILES string of the molecule is CCOC(=O)Cc1ccp(C)c1.Cl. The molecule has 4 heteroatoms. The molecule has 0 saturated heterocycles. The van der Waals surface area contributed by atoms with Crippen LogP contribution in [0.1, 0.15) is 12.5 Å². The van der Waals surface area contributed by atoms with Gasteiger partial charge >= 0.3 is 5.97 Å². The molecule has 0 aliphatic rings. The molecule has 1 aromatic heterocycles. The van der Waals surface area contributed by atoms with E-state index in [1.165, 1.54) is 0 Å². The summed E-state index contributed by atoms with van der Waals surface area (Å²) < 4.78 is 4.83. The lowest BCUT2D eigenvalue weighted by atomic mass is 10.2. The average molecular weight is 221 g/mol. The smallest absolute Gasteiger partial charge is 0.310 e. The highest BCUT2D eigenvalue weighted by Gasteiger charge is 2.03. The van der Waals surface area contributed by atoms with Crippen molar-refractivity contribution in [2.45, 2.75) is 13.3 Å².